The molecule has 0 aliphatic rings. The minimum Gasteiger partial charge on any atom is -0.457 e. The number of hydrogen-bond donors (Lipinski definition) is 2. The van der Waals surface area contributed by atoms with E-state index in [2.05, 4.69) is 15.6 Å². The smallest absolute Gasteiger partial charge is 0.251 e. The number of aromatic nitrogens is 1. The van der Waals surface area contributed by atoms with Crippen LogP contribution in [0.3, 0.4) is 0 Å². The topological polar surface area (TPSA) is 80.3 Å². The Bertz CT molecular complexity index is 996. The molecule has 0 unspecified atom stereocenters. The fourth-order valence-electron chi connectivity index (χ4n) is 2.40. The predicted octanol–water partition coefficient (Wildman–Crippen LogP) is 3.91. The molecule has 0 bridgehead atoms. The van der Waals surface area contributed by atoms with Crippen molar-refractivity contribution in [2.45, 2.75) is 6.42 Å². The Morgan fingerprint density at radius 2 is 1.59 bits per heavy atom. The second kappa shape index (κ2) is 9.41. The van der Waals surface area contributed by atoms with Gasteiger partial charge in [-0.25, -0.2) is 8.78 Å². The molecule has 0 saturated heterocycles. The van der Waals surface area contributed by atoms with E-state index in [-0.39, 0.29) is 30.5 Å². The minimum atomic E-state index is -1.01. The van der Waals surface area contributed by atoms with Crippen LogP contribution in [-0.2, 0) is 4.79 Å². The highest BCUT2D eigenvalue weighted by molar-refractivity contribution is 5.95. The summed E-state index contributed by atoms with van der Waals surface area (Å²) in [6.07, 6.45) is 3.25. The Kier molecular flexibility index (Phi) is 6.47. The average molecular weight is 397 g/mol. The predicted molar refractivity (Wildman–Crippen MR) is 103 cm³/mol. The molecule has 6 nitrogen and oxygen atoms in total. The quantitative estimate of drug-likeness (QED) is 0.634. The van der Waals surface area contributed by atoms with Gasteiger partial charge in [0.2, 0.25) is 5.91 Å². The van der Waals surface area contributed by atoms with Crippen molar-refractivity contribution in [3.05, 3.63) is 84.2 Å². The average Bonchev–Trinajstić information content (AvgIpc) is 2.72. The number of carbonyl (C=O) groups is 2. The second-order valence-corrected chi connectivity index (χ2v) is 5.99. The molecule has 0 fully saturated rings. The van der Waals surface area contributed by atoms with Crippen LogP contribution >= 0.6 is 0 Å². The number of nitrogens with one attached hydrogen (secondary N) is 2. The zero-order valence-corrected chi connectivity index (χ0v) is 15.2. The number of rotatable bonds is 7. The van der Waals surface area contributed by atoms with E-state index in [0.29, 0.717) is 17.0 Å². The number of benzene rings is 2. The molecule has 2 aromatic carbocycles. The van der Waals surface area contributed by atoms with Gasteiger partial charge < -0.3 is 15.4 Å². The number of carbonyl (C=O) groups excluding carboxylic acids is 2. The normalized spacial score (nSPS) is 10.3. The van der Waals surface area contributed by atoms with Crippen molar-refractivity contribution in [3.8, 4) is 11.5 Å². The first-order valence-corrected chi connectivity index (χ1v) is 8.72. The largest absolute Gasteiger partial charge is 0.457 e. The summed E-state index contributed by atoms with van der Waals surface area (Å²) in [5, 5.41) is 5.35. The zero-order chi connectivity index (χ0) is 20.6. The third-order valence-electron chi connectivity index (χ3n) is 3.84. The Morgan fingerprint density at radius 3 is 2.28 bits per heavy atom. The monoisotopic (exact) mass is 397 g/mol. The Labute approximate surface area is 165 Å². The maximum Gasteiger partial charge on any atom is 0.251 e. The SMILES string of the molecule is O=C(CCNC(=O)c1ccc(Oc2ccc(F)c(F)c2)cc1)Nc1ccncc1. The van der Waals surface area contributed by atoms with E-state index < -0.39 is 11.6 Å². The van der Waals surface area contributed by atoms with Gasteiger partial charge in [-0.05, 0) is 48.5 Å². The molecule has 29 heavy (non-hydrogen) atoms. The highest BCUT2D eigenvalue weighted by Crippen LogP contribution is 2.23. The molecular weight excluding hydrogens is 380 g/mol. The van der Waals surface area contributed by atoms with Gasteiger partial charge in [-0.2, -0.15) is 0 Å². The molecule has 2 amide bonds. The second-order valence-electron chi connectivity index (χ2n) is 5.99. The van der Waals surface area contributed by atoms with Crippen molar-refractivity contribution in [3.63, 3.8) is 0 Å². The molecular formula is C21H17F2N3O3. The van der Waals surface area contributed by atoms with Crippen LogP contribution in [0.2, 0.25) is 0 Å². The van der Waals surface area contributed by atoms with E-state index in [9.17, 15) is 18.4 Å². The molecule has 0 aliphatic heterocycles. The van der Waals surface area contributed by atoms with Crippen LogP contribution in [0.15, 0.2) is 67.0 Å². The van der Waals surface area contributed by atoms with Gasteiger partial charge in [-0.15, -0.1) is 0 Å². The van der Waals surface area contributed by atoms with Crippen LogP contribution in [0.25, 0.3) is 0 Å². The number of ether oxygens (including phenoxy) is 1. The number of amides is 2. The van der Waals surface area contributed by atoms with Crippen molar-refractivity contribution < 1.29 is 23.1 Å². The lowest BCUT2D eigenvalue weighted by atomic mass is 10.2. The van der Waals surface area contributed by atoms with Crippen LogP contribution in [0, 0.1) is 11.6 Å². The van der Waals surface area contributed by atoms with Crippen LogP contribution < -0.4 is 15.4 Å². The summed E-state index contributed by atoms with van der Waals surface area (Å²) in [7, 11) is 0. The highest BCUT2D eigenvalue weighted by atomic mass is 19.2. The van der Waals surface area contributed by atoms with E-state index in [4.69, 9.17) is 4.74 Å². The number of anilines is 1. The Balaban J connectivity index is 1.47. The number of hydrogen-bond acceptors (Lipinski definition) is 4. The van der Waals surface area contributed by atoms with Gasteiger partial charge >= 0.3 is 0 Å². The third-order valence-corrected chi connectivity index (χ3v) is 3.84. The van der Waals surface area contributed by atoms with Gasteiger partial charge in [0.15, 0.2) is 11.6 Å². The van der Waals surface area contributed by atoms with Crippen molar-refractivity contribution in [1.82, 2.24) is 10.3 Å². The van der Waals surface area contributed by atoms with Gasteiger partial charge in [-0.3, -0.25) is 14.6 Å². The van der Waals surface area contributed by atoms with Crippen molar-refractivity contribution in [2.24, 2.45) is 0 Å². The standard InChI is InChI=1S/C21H17F2N3O3/c22-18-6-5-17(13-19(18)23)29-16-3-1-14(2-4-16)21(28)25-12-9-20(27)26-15-7-10-24-11-8-15/h1-8,10-11,13H,9,12H2,(H,25,28)(H,24,26,27). The van der Waals surface area contributed by atoms with E-state index in [1.54, 1.807) is 24.5 Å². The molecule has 3 aromatic rings. The Hall–Kier alpha value is -3.81. The van der Waals surface area contributed by atoms with E-state index in [1.165, 1.54) is 30.3 Å². The fraction of sp³-hybridized carbons (Fsp3) is 0.0952. The minimum absolute atomic E-state index is 0.116. The van der Waals surface area contributed by atoms with Crippen molar-refractivity contribution in [1.29, 1.82) is 0 Å². The lowest BCUT2D eigenvalue weighted by molar-refractivity contribution is -0.116. The first-order valence-electron chi connectivity index (χ1n) is 8.72. The van der Waals surface area contributed by atoms with Crippen molar-refractivity contribution in [2.75, 3.05) is 11.9 Å². The lowest BCUT2D eigenvalue weighted by Gasteiger charge is -2.08. The molecule has 148 valence electrons. The van der Waals surface area contributed by atoms with E-state index in [1.807, 2.05) is 0 Å². The van der Waals surface area contributed by atoms with Gasteiger partial charge in [0, 0.05) is 42.7 Å². The number of nitrogens with zero attached hydrogens (tertiary/aromatic N) is 1. The van der Waals surface area contributed by atoms with Crippen LogP contribution in [-0.4, -0.2) is 23.3 Å². The summed E-state index contributed by atoms with van der Waals surface area (Å²) in [5.74, 6) is -2.04. The maximum absolute atomic E-state index is 13.2. The molecule has 1 heterocycles. The third kappa shape index (κ3) is 5.83. The summed E-state index contributed by atoms with van der Waals surface area (Å²) in [6.45, 7) is 0.170. The molecule has 2 N–H and O–H groups in total. The first kappa shape index (κ1) is 19.9. The number of pyridine rings is 1. The van der Waals surface area contributed by atoms with Crippen LogP contribution in [0.1, 0.15) is 16.8 Å². The number of halogens is 2. The summed E-state index contributed by atoms with van der Waals surface area (Å²) < 4.78 is 31.6. The van der Waals surface area contributed by atoms with E-state index in [0.717, 1.165) is 12.1 Å². The van der Waals surface area contributed by atoms with Crippen LogP contribution in [0.5, 0.6) is 11.5 Å². The van der Waals surface area contributed by atoms with Gasteiger partial charge in [-0.1, -0.05) is 0 Å². The Morgan fingerprint density at radius 1 is 0.897 bits per heavy atom. The lowest BCUT2D eigenvalue weighted by Crippen LogP contribution is -2.27. The van der Waals surface area contributed by atoms with Crippen LogP contribution in [0.4, 0.5) is 14.5 Å². The zero-order valence-electron chi connectivity index (χ0n) is 15.2. The molecule has 3 rings (SSSR count). The van der Waals surface area contributed by atoms with Gasteiger partial charge in [0.05, 0.1) is 0 Å². The first-order chi connectivity index (χ1) is 14.0. The highest BCUT2D eigenvalue weighted by Gasteiger charge is 2.09. The summed E-state index contributed by atoms with van der Waals surface area (Å²) in [5.41, 5.74) is 1.00. The van der Waals surface area contributed by atoms with Gasteiger partial charge in [0.25, 0.3) is 5.91 Å². The molecule has 1 aromatic heterocycles. The fourth-order valence-corrected chi connectivity index (χ4v) is 2.40. The van der Waals surface area contributed by atoms with Crippen molar-refractivity contribution >= 4 is 17.5 Å². The molecule has 0 atom stereocenters. The molecule has 0 saturated carbocycles. The summed E-state index contributed by atoms with van der Waals surface area (Å²) >= 11 is 0. The molecule has 8 heteroatoms. The summed E-state index contributed by atoms with van der Waals surface area (Å²) in [4.78, 5) is 27.9. The molecule has 0 aliphatic carbocycles. The van der Waals surface area contributed by atoms with E-state index >= 15 is 0 Å². The maximum atomic E-state index is 13.2. The summed E-state index contributed by atoms with van der Waals surface area (Å²) in [6, 6.07) is 12.7. The molecule has 0 radical (unpaired) electrons. The molecule has 0 spiro atoms. The van der Waals surface area contributed by atoms with Gasteiger partial charge in [0.1, 0.15) is 11.5 Å².